The zero-order valence-electron chi connectivity index (χ0n) is 47.8. The summed E-state index contributed by atoms with van der Waals surface area (Å²) in [6.45, 7) is 3.66. The van der Waals surface area contributed by atoms with Crippen molar-refractivity contribution in [1.29, 1.82) is 0 Å². The molecular weight excluding hydrogens is 942 g/mol. The molecule has 10 heteroatoms. The molecular formula is C64H114NO8P. The predicted octanol–water partition coefficient (Wildman–Crippen LogP) is 19.5. The smallest absolute Gasteiger partial charge is 0.462 e. The minimum Gasteiger partial charge on any atom is -0.462 e. The molecule has 0 saturated carbocycles. The topological polar surface area (TPSA) is 134 Å². The van der Waals surface area contributed by atoms with Gasteiger partial charge in [0.15, 0.2) is 6.10 Å². The minimum absolute atomic E-state index is 0.0513. The highest BCUT2D eigenvalue weighted by molar-refractivity contribution is 7.47. The lowest BCUT2D eigenvalue weighted by Crippen LogP contribution is -2.29. The number of carbonyl (C=O) groups excluding carboxylic acids is 2. The third-order valence-corrected chi connectivity index (χ3v) is 14.0. The molecule has 0 aliphatic heterocycles. The fourth-order valence-electron chi connectivity index (χ4n) is 8.56. The van der Waals surface area contributed by atoms with Crippen molar-refractivity contribution >= 4 is 19.8 Å². The molecule has 0 fully saturated rings. The summed E-state index contributed by atoms with van der Waals surface area (Å²) >= 11 is 0. The summed E-state index contributed by atoms with van der Waals surface area (Å²) in [7, 11) is -4.39. The third kappa shape index (κ3) is 58.5. The molecule has 0 radical (unpaired) electrons. The Morgan fingerprint density at radius 1 is 0.419 bits per heavy atom. The standard InChI is InChI=1S/C64H114NO8P/c1-3-5-7-9-11-13-15-17-19-21-23-25-26-27-28-29-30-31-32-33-34-35-36-37-39-41-43-45-47-49-51-53-55-57-64(67)73-62(61-72-74(68,69)71-59-58-65)60-70-63(66)56-54-52-50-48-46-44-42-40-38-24-22-20-18-16-14-12-10-8-6-4-2/h5,7,11,13,17,19,23,25,27-28,30-31,33-34,62H,3-4,6,8-10,12,14-16,18,20-22,24,26,29,32,35-61,65H2,1-2H3,(H,68,69)/b7-5-,13-11-,19-17-,25-23-,28-27-,31-30-,34-33-. The first-order valence-electron chi connectivity index (χ1n) is 30.6. The van der Waals surface area contributed by atoms with Gasteiger partial charge in [-0.1, -0.05) is 279 Å². The number of carbonyl (C=O) groups is 2. The predicted molar refractivity (Wildman–Crippen MR) is 316 cm³/mol. The number of nitrogens with two attached hydrogens (primary N) is 1. The van der Waals surface area contributed by atoms with Gasteiger partial charge in [-0.2, -0.15) is 0 Å². The summed E-state index contributed by atoms with van der Waals surface area (Å²) < 4.78 is 33.1. The van der Waals surface area contributed by atoms with E-state index in [1.807, 2.05) is 0 Å². The molecule has 0 aromatic rings. The normalized spacial score (nSPS) is 13.6. The Morgan fingerprint density at radius 3 is 1.11 bits per heavy atom. The van der Waals surface area contributed by atoms with Crippen LogP contribution in [0.25, 0.3) is 0 Å². The van der Waals surface area contributed by atoms with Gasteiger partial charge in [-0.15, -0.1) is 0 Å². The maximum Gasteiger partial charge on any atom is 0.472 e. The molecule has 2 unspecified atom stereocenters. The van der Waals surface area contributed by atoms with Crippen molar-refractivity contribution in [3.8, 4) is 0 Å². The number of phosphoric acid groups is 1. The van der Waals surface area contributed by atoms with E-state index in [9.17, 15) is 19.0 Å². The van der Waals surface area contributed by atoms with Crippen LogP contribution in [-0.4, -0.2) is 49.3 Å². The Kier molecular flexibility index (Phi) is 57.2. The number of rotatable bonds is 57. The first kappa shape index (κ1) is 71.2. The highest BCUT2D eigenvalue weighted by Gasteiger charge is 2.26. The van der Waals surface area contributed by atoms with E-state index in [-0.39, 0.29) is 38.6 Å². The summed E-state index contributed by atoms with van der Waals surface area (Å²) in [6.07, 6.45) is 77.8. The second-order valence-corrected chi connectivity index (χ2v) is 21.7. The molecule has 74 heavy (non-hydrogen) atoms. The fraction of sp³-hybridized carbons (Fsp3) is 0.750. The van der Waals surface area contributed by atoms with Crippen LogP contribution in [0.1, 0.15) is 277 Å². The van der Waals surface area contributed by atoms with Crippen LogP contribution in [0.15, 0.2) is 85.1 Å². The van der Waals surface area contributed by atoms with Crippen LogP contribution in [-0.2, 0) is 32.7 Å². The van der Waals surface area contributed by atoms with Crippen LogP contribution in [0, 0.1) is 0 Å². The van der Waals surface area contributed by atoms with Gasteiger partial charge in [-0.05, 0) is 70.6 Å². The first-order chi connectivity index (χ1) is 36.3. The minimum atomic E-state index is -4.39. The zero-order valence-corrected chi connectivity index (χ0v) is 48.7. The van der Waals surface area contributed by atoms with Gasteiger partial charge in [0.1, 0.15) is 6.61 Å². The molecule has 428 valence electrons. The Labute approximate surface area is 455 Å². The third-order valence-electron chi connectivity index (χ3n) is 13.0. The summed E-state index contributed by atoms with van der Waals surface area (Å²) in [5, 5.41) is 0. The SMILES string of the molecule is CC/C=C\C/C=C\C/C=C\C/C=C\C/C=C\C/C=C\C/C=C\CCCCCCCCCCCCCC(=O)OC(COC(=O)CCCCCCCCCCCCCCCCCCCCCC)COP(=O)(O)OCCN. The van der Waals surface area contributed by atoms with E-state index in [2.05, 4.69) is 98.9 Å². The first-order valence-corrected chi connectivity index (χ1v) is 32.1. The highest BCUT2D eigenvalue weighted by atomic mass is 31.2. The van der Waals surface area contributed by atoms with Crippen molar-refractivity contribution in [2.24, 2.45) is 5.73 Å². The molecule has 2 atom stereocenters. The second-order valence-electron chi connectivity index (χ2n) is 20.2. The number of ether oxygens (including phenoxy) is 2. The van der Waals surface area contributed by atoms with E-state index < -0.39 is 26.5 Å². The average molecular weight is 1060 g/mol. The maximum absolute atomic E-state index is 12.7. The number of phosphoric ester groups is 1. The lowest BCUT2D eigenvalue weighted by Gasteiger charge is -2.19. The second kappa shape index (κ2) is 59.4. The van der Waals surface area contributed by atoms with E-state index in [0.29, 0.717) is 6.42 Å². The summed E-state index contributed by atoms with van der Waals surface area (Å²) in [4.78, 5) is 35.2. The summed E-state index contributed by atoms with van der Waals surface area (Å²) in [5.41, 5.74) is 5.39. The Hall–Kier alpha value is -2.81. The number of allylic oxidation sites excluding steroid dienone is 14. The zero-order chi connectivity index (χ0) is 53.8. The Bertz CT molecular complexity index is 1480. The van der Waals surface area contributed by atoms with Crippen LogP contribution >= 0.6 is 7.82 Å². The number of hydrogen-bond acceptors (Lipinski definition) is 8. The van der Waals surface area contributed by atoms with Crippen LogP contribution in [0.3, 0.4) is 0 Å². The Morgan fingerprint density at radius 2 is 0.743 bits per heavy atom. The van der Waals surface area contributed by atoms with Gasteiger partial charge in [0, 0.05) is 19.4 Å². The van der Waals surface area contributed by atoms with Crippen molar-refractivity contribution in [2.45, 2.75) is 283 Å². The van der Waals surface area contributed by atoms with Crippen LogP contribution in [0.2, 0.25) is 0 Å². The summed E-state index contributed by atoms with van der Waals surface area (Å²) in [6, 6.07) is 0. The molecule has 0 rings (SSSR count). The largest absolute Gasteiger partial charge is 0.472 e. The van der Waals surface area contributed by atoms with Gasteiger partial charge in [-0.25, -0.2) is 4.57 Å². The molecule has 0 amide bonds. The van der Waals surface area contributed by atoms with Gasteiger partial charge in [0.05, 0.1) is 13.2 Å². The van der Waals surface area contributed by atoms with Crippen molar-refractivity contribution in [1.82, 2.24) is 0 Å². The molecule has 9 nitrogen and oxygen atoms in total. The van der Waals surface area contributed by atoms with E-state index in [0.717, 1.165) is 89.9 Å². The van der Waals surface area contributed by atoms with E-state index in [1.54, 1.807) is 0 Å². The molecule has 0 saturated heterocycles. The number of unbranched alkanes of at least 4 members (excludes halogenated alkanes) is 30. The molecule has 3 N–H and O–H groups in total. The van der Waals surface area contributed by atoms with Crippen molar-refractivity contribution in [2.75, 3.05) is 26.4 Å². The van der Waals surface area contributed by atoms with Crippen molar-refractivity contribution in [3.05, 3.63) is 85.1 Å². The molecule has 0 aliphatic rings. The molecule has 0 spiro atoms. The average Bonchev–Trinajstić information content (AvgIpc) is 3.39. The molecule has 0 heterocycles. The summed E-state index contributed by atoms with van der Waals surface area (Å²) in [5.74, 6) is -0.823. The highest BCUT2D eigenvalue weighted by Crippen LogP contribution is 2.43. The van der Waals surface area contributed by atoms with E-state index in [1.165, 1.54) is 154 Å². The molecule has 0 bridgehead atoms. The molecule has 0 aromatic carbocycles. The van der Waals surface area contributed by atoms with Gasteiger partial charge in [-0.3, -0.25) is 18.6 Å². The maximum atomic E-state index is 12.7. The van der Waals surface area contributed by atoms with Gasteiger partial charge in [0.2, 0.25) is 0 Å². The fourth-order valence-corrected chi connectivity index (χ4v) is 9.32. The van der Waals surface area contributed by atoms with E-state index >= 15 is 0 Å². The lowest BCUT2D eigenvalue weighted by atomic mass is 10.0. The lowest BCUT2D eigenvalue weighted by molar-refractivity contribution is -0.161. The van der Waals surface area contributed by atoms with Crippen LogP contribution in [0.5, 0.6) is 0 Å². The Balaban J connectivity index is 3.95. The van der Waals surface area contributed by atoms with E-state index in [4.69, 9.17) is 24.3 Å². The van der Waals surface area contributed by atoms with Crippen molar-refractivity contribution < 1.29 is 37.6 Å². The quantitative estimate of drug-likeness (QED) is 0.0264. The van der Waals surface area contributed by atoms with Crippen LogP contribution < -0.4 is 5.73 Å². The number of hydrogen-bond donors (Lipinski definition) is 2. The monoisotopic (exact) mass is 1060 g/mol. The van der Waals surface area contributed by atoms with Crippen LogP contribution in [0.4, 0.5) is 0 Å². The van der Waals surface area contributed by atoms with Crippen molar-refractivity contribution in [3.63, 3.8) is 0 Å². The molecule has 0 aromatic heterocycles. The van der Waals surface area contributed by atoms with Gasteiger partial charge < -0.3 is 20.1 Å². The molecule has 0 aliphatic carbocycles. The number of esters is 2. The van der Waals surface area contributed by atoms with Gasteiger partial charge in [0.25, 0.3) is 0 Å². The van der Waals surface area contributed by atoms with Gasteiger partial charge >= 0.3 is 19.8 Å².